The zero-order valence-electron chi connectivity index (χ0n) is 13.4. The molecule has 0 amide bonds. The average Bonchev–Trinajstić information content (AvgIpc) is 2.83. The van der Waals surface area contributed by atoms with Crippen molar-refractivity contribution in [2.45, 2.75) is 34.2 Å². The first kappa shape index (κ1) is 15.8. The molecule has 1 aromatic carbocycles. The van der Waals surface area contributed by atoms with Gasteiger partial charge in [0.1, 0.15) is 11.8 Å². The Balaban J connectivity index is 0.000000847. The van der Waals surface area contributed by atoms with Gasteiger partial charge in [0.2, 0.25) is 0 Å². The highest BCUT2D eigenvalue weighted by atomic mass is 16.1. The zero-order chi connectivity index (χ0) is 16.3. The van der Waals surface area contributed by atoms with Gasteiger partial charge < -0.3 is 5.73 Å². The van der Waals surface area contributed by atoms with Gasteiger partial charge in [-0.25, -0.2) is 14.8 Å². The van der Waals surface area contributed by atoms with Crippen LogP contribution in [0.15, 0.2) is 35.4 Å². The molecule has 2 aromatic heterocycles. The van der Waals surface area contributed by atoms with E-state index in [1.54, 1.807) is 9.13 Å². The monoisotopic (exact) mass is 299 g/mol. The lowest BCUT2D eigenvalue weighted by atomic mass is 10.2. The van der Waals surface area contributed by atoms with Crippen molar-refractivity contribution >= 4 is 17.0 Å². The number of hydrogen-bond donors (Lipinski definition) is 1. The van der Waals surface area contributed by atoms with Gasteiger partial charge >= 0.3 is 5.69 Å². The van der Waals surface area contributed by atoms with Crippen molar-refractivity contribution in [3.05, 3.63) is 46.6 Å². The van der Waals surface area contributed by atoms with Crippen molar-refractivity contribution in [3.8, 4) is 5.69 Å². The van der Waals surface area contributed by atoms with Gasteiger partial charge in [0.25, 0.3) is 0 Å². The summed E-state index contributed by atoms with van der Waals surface area (Å²) in [6, 6.07) is 7.69. The molecule has 3 rings (SSSR count). The van der Waals surface area contributed by atoms with E-state index in [1.165, 1.54) is 6.33 Å². The van der Waals surface area contributed by atoms with Gasteiger partial charge in [-0.3, -0.25) is 9.13 Å². The lowest BCUT2D eigenvalue weighted by Crippen LogP contribution is -2.22. The molecule has 6 heteroatoms. The van der Waals surface area contributed by atoms with Crippen molar-refractivity contribution in [1.29, 1.82) is 0 Å². The van der Waals surface area contributed by atoms with Crippen LogP contribution < -0.4 is 11.4 Å². The lowest BCUT2D eigenvalue weighted by Gasteiger charge is -2.04. The molecule has 22 heavy (non-hydrogen) atoms. The zero-order valence-corrected chi connectivity index (χ0v) is 13.4. The standard InChI is InChI=1S/C14H15N5O.C2H6/c1-3-18-13-11(12(15)16-8-17-13)19(14(18)20)10-6-4-9(2)5-7-10;1-2/h4-8H,3H2,1-2H3,(H2,15,16,17);1-2H3. The number of nitrogens with zero attached hydrogens (tertiary/aromatic N) is 4. The molecule has 0 atom stereocenters. The van der Waals surface area contributed by atoms with Crippen molar-refractivity contribution in [3.63, 3.8) is 0 Å². The predicted octanol–water partition coefficient (Wildman–Crippen LogP) is 2.52. The number of imidazole rings is 1. The first-order valence-corrected chi connectivity index (χ1v) is 7.42. The molecule has 116 valence electrons. The number of fused-ring (bicyclic) bond motifs is 1. The maximum atomic E-state index is 12.6. The molecule has 6 nitrogen and oxygen atoms in total. The van der Waals surface area contributed by atoms with Crippen molar-refractivity contribution in [1.82, 2.24) is 19.1 Å². The van der Waals surface area contributed by atoms with Crippen molar-refractivity contribution < 1.29 is 0 Å². The number of benzene rings is 1. The quantitative estimate of drug-likeness (QED) is 0.788. The van der Waals surface area contributed by atoms with Crippen LogP contribution in [0.5, 0.6) is 0 Å². The van der Waals surface area contributed by atoms with Crippen LogP contribution in [-0.4, -0.2) is 19.1 Å². The molecule has 0 aliphatic heterocycles. The van der Waals surface area contributed by atoms with Crippen molar-refractivity contribution in [2.75, 3.05) is 5.73 Å². The first-order chi connectivity index (χ1) is 10.6. The summed E-state index contributed by atoms with van der Waals surface area (Å²) in [7, 11) is 0. The highest BCUT2D eigenvalue weighted by Gasteiger charge is 2.17. The fraction of sp³-hybridized carbons (Fsp3) is 0.312. The molecule has 2 heterocycles. The summed E-state index contributed by atoms with van der Waals surface area (Å²) in [5, 5.41) is 0. The largest absolute Gasteiger partial charge is 0.382 e. The summed E-state index contributed by atoms with van der Waals surface area (Å²) in [5.74, 6) is 0.305. The van der Waals surface area contributed by atoms with E-state index in [1.807, 2.05) is 52.0 Å². The van der Waals surface area contributed by atoms with Gasteiger partial charge in [0.15, 0.2) is 11.5 Å². The van der Waals surface area contributed by atoms with E-state index in [-0.39, 0.29) is 5.69 Å². The number of aryl methyl sites for hydroxylation is 2. The molecule has 0 fully saturated rings. The van der Waals surface area contributed by atoms with E-state index in [4.69, 9.17) is 5.73 Å². The molecule has 0 aliphatic rings. The maximum Gasteiger partial charge on any atom is 0.335 e. The summed E-state index contributed by atoms with van der Waals surface area (Å²) in [5.41, 5.74) is 8.80. The van der Waals surface area contributed by atoms with Crippen molar-refractivity contribution in [2.24, 2.45) is 0 Å². The maximum absolute atomic E-state index is 12.6. The Kier molecular flexibility index (Phi) is 4.60. The Labute approximate surface area is 129 Å². The minimum Gasteiger partial charge on any atom is -0.382 e. The second-order valence-electron chi connectivity index (χ2n) is 4.63. The third-order valence-corrected chi connectivity index (χ3v) is 3.34. The summed E-state index contributed by atoms with van der Waals surface area (Å²) in [4.78, 5) is 20.7. The molecule has 0 saturated heterocycles. The van der Waals surface area contributed by atoms with Gasteiger partial charge in [-0.15, -0.1) is 0 Å². The van der Waals surface area contributed by atoms with Crippen LogP contribution >= 0.6 is 0 Å². The van der Waals surface area contributed by atoms with Crippen LogP contribution in [0.25, 0.3) is 16.9 Å². The minimum atomic E-state index is -0.154. The number of rotatable bonds is 2. The SMILES string of the molecule is CC.CCn1c(=O)n(-c2ccc(C)cc2)c2c(N)ncnc21. The van der Waals surface area contributed by atoms with Crippen LogP contribution in [0.1, 0.15) is 26.3 Å². The normalized spacial score (nSPS) is 10.4. The van der Waals surface area contributed by atoms with Crippen LogP contribution in [0.3, 0.4) is 0 Å². The average molecular weight is 299 g/mol. The first-order valence-electron chi connectivity index (χ1n) is 7.42. The molecule has 0 saturated carbocycles. The summed E-state index contributed by atoms with van der Waals surface area (Å²) >= 11 is 0. The van der Waals surface area contributed by atoms with Gasteiger partial charge in [-0.1, -0.05) is 31.5 Å². The molecule has 0 radical (unpaired) electrons. The van der Waals surface area contributed by atoms with Gasteiger partial charge in [-0.05, 0) is 26.0 Å². The van der Waals surface area contributed by atoms with E-state index in [9.17, 15) is 4.79 Å². The topological polar surface area (TPSA) is 78.7 Å². The lowest BCUT2D eigenvalue weighted by molar-refractivity contribution is 0.727. The third kappa shape index (κ3) is 2.47. The van der Waals surface area contributed by atoms with E-state index in [0.29, 0.717) is 23.5 Å². The second-order valence-corrected chi connectivity index (χ2v) is 4.63. The fourth-order valence-electron chi connectivity index (χ4n) is 2.32. The minimum absolute atomic E-state index is 0.154. The Hall–Kier alpha value is -2.63. The Bertz CT molecular complexity index is 830. The van der Waals surface area contributed by atoms with Crippen LogP contribution in [0.2, 0.25) is 0 Å². The van der Waals surface area contributed by atoms with Gasteiger partial charge in [0.05, 0.1) is 5.69 Å². The van der Waals surface area contributed by atoms with E-state index in [2.05, 4.69) is 9.97 Å². The smallest absolute Gasteiger partial charge is 0.335 e. The highest BCUT2D eigenvalue weighted by molar-refractivity contribution is 5.83. The molecule has 0 aliphatic carbocycles. The summed E-state index contributed by atoms with van der Waals surface area (Å²) in [6.45, 7) is 8.43. The molecule has 0 spiro atoms. The van der Waals surface area contributed by atoms with E-state index < -0.39 is 0 Å². The second kappa shape index (κ2) is 6.43. The number of aromatic nitrogens is 4. The molecule has 3 aromatic rings. The number of nitrogens with two attached hydrogens (primary N) is 1. The fourth-order valence-corrected chi connectivity index (χ4v) is 2.32. The number of hydrogen-bond acceptors (Lipinski definition) is 4. The Morgan fingerprint density at radius 3 is 2.36 bits per heavy atom. The molecule has 0 unspecified atom stereocenters. The molecular weight excluding hydrogens is 278 g/mol. The van der Waals surface area contributed by atoms with E-state index in [0.717, 1.165) is 11.3 Å². The van der Waals surface area contributed by atoms with Gasteiger partial charge in [0, 0.05) is 6.54 Å². The highest BCUT2D eigenvalue weighted by Crippen LogP contribution is 2.20. The van der Waals surface area contributed by atoms with Gasteiger partial charge in [-0.2, -0.15) is 0 Å². The van der Waals surface area contributed by atoms with E-state index >= 15 is 0 Å². The molecule has 0 bridgehead atoms. The summed E-state index contributed by atoms with van der Waals surface area (Å²) in [6.07, 6.45) is 1.38. The number of nitrogen functional groups attached to an aromatic ring is 1. The summed E-state index contributed by atoms with van der Waals surface area (Å²) < 4.78 is 3.15. The van der Waals surface area contributed by atoms with Crippen LogP contribution in [-0.2, 0) is 6.54 Å². The molecular formula is C16H21N5O. The Morgan fingerprint density at radius 1 is 1.14 bits per heavy atom. The predicted molar refractivity (Wildman–Crippen MR) is 89.3 cm³/mol. The number of anilines is 1. The van der Waals surface area contributed by atoms with Crippen LogP contribution in [0.4, 0.5) is 5.82 Å². The Morgan fingerprint density at radius 2 is 1.77 bits per heavy atom. The van der Waals surface area contributed by atoms with Crippen LogP contribution in [0, 0.1) is 6.92 Å². The third-order valence-electron chi connectivity index (χ3n) is 3.34. The molecule has 2 N–H and O–H groups in total.